The Morgan fingerprint density at radius 2 is 0.647 bits per heavy atom. The molecule has 0 N–H and O–H groups in total. The molecule has 0 amide bonds. The van der Waals surface area contributed by atoms with Crippen LogP contribution in [0, 0.1) is 0 Å². The van der Waals surface area contributed by atoms with Crippen LogP contribution in [-0.2, 0) is 37.3 Å². The van der Waals surface area contributed by atoms with Gasteiger partial charge in [-0.2, -0.15) is 0 Å². The summed E-state index contributed by atoms with van der Waals surface area (Å²) in [7, 11) is -14.1. The number of hydrogen-bond donors (Lipinski definition) is 0. The van der Waals surface area contributed by atoms with Gasteiger partial charge in [-0.3, -0.25) is 0 Å². The monoisotopic (exact) mass is 688 g/mol. The first-order chi connectivity index (χ1) is 15.8. The number of hydrogen-bond acceptors (Lipinski definition) is 9. The van der Waals surface area contributed by atoms with E-state index in [9.17, 15) is 25.3 Å². The molecule has 3 aromatic carbocycles. The van der Waals surface area contributed by atoms with Gasteiger partial charge < -0.3 is 0 Å². The van der Waals surface area contributed by atoms with E-state index in [1.165, 1.54) is 36.4 Å². The van der Waals surface area contributed by atoms with Gasteiger partial charge in [-0.25, -0.2) is 0 Å². The Morgan fingerprint density at radius 1 is 0.441 bits per heavy atom. The molecule has 0 unspecified atom stereocenters. The van der Waals surface area contributed by atoms with Crippen molar-refractivity contribution in [2.75, 3.05) is 0 Å². The third-order valence-electron chi connectivity index (χ3n) is 3.92. The van der Waals surface area contributed by atoms with Crippen LogP contribution in [-0.4, -0.2) is 48.0 Å². The van der Waals surface area contributed by atoms with Crippen LogP contribution >= 0.6 is 34.8 Å². The third kappa shape index (κ3) is 7.32. The van der Waals surface area contributed by atoms with Crippen molar-refractivity contribution < 1.29 is 32.2 Å². The quantitative estimate of drug-likeness (QED) is 0.325. The second-order valence-corrected chi connectivity index (χ2v) is 18.9. The zero-order chi connectivity index (χ0) is 25.1. The van der Waals surface area contributed by atoms with Gasteiger partial charge in [-0.05, 0) is 0 Å². The second-order valence-electron chi connectivity index (χ2n) is 6.30. The van der Waals surface area contributed by atoms with Crippen LogP contribution in [0.3, 0.4) is 0 Å². The van der Waals surface area contributed by atoms with Crippen LogP contribution in [0.5, 0.6) is 0 Å². The summed E-state index contributed by atoms with van der Waals surface area (Å²) in [6, 6.07) is 14.0. The van der Waals surface area contributed by atoms with Gasteiger partial charge in [0.2, 0.25) is 0 Å². The van der Waals surface area contributed by atoms with E-state index in [-0.39, 0.29) is 15.1 Å². The SMILES string of the molecule is O=S(=O)([O][In]([O]S(=O)(=O)c1ccc(Cl)cc1)[O]S(=O)(=O)c1ccc(Cl)cc1)c1ccc(Cl)cc1. The van der Waals surface area contributed by atoms with Gasteiger partial charge in [-0.1, -0.05) is 0 Å². The molecule has 0 spiro atoms. The summed E-state index contributed by atoms with van der Waals surface area (Å²) < 4.78 is 90.9. The maximum absolute atomic E-state index is 12.7. The van der Waals surface area contributed by atoms with Crippen molar-refractivity contribution in [1.82, 2.24) is 0 Å². The Kier molecular flexibility index (Phi) is 8.99. The maximum atomic E-state index is 12.7. The predicted molar refractivity (Wildman–Crippen MR) is 125 cm³/mol. The molecule has 3 aromatic rings. The van der Waals surface area contributed by atoms with Gasteiger partial charge >= 0.3 is 223 Å². The van der Waals surface area contributed by atoms with Gasteiger partial charge in [0.1, 0.15) is 0 Å². The zero-order valence-corrected chi connectivity index (χ0v) is 24.6. The van der Waals surface area contributed by atoms with E-state index in [0.29, 0.717) is 0 Å². The molecule has 0 heterocycles. The van der Waals surface area contributed by atoms with Gasteiger partial charge in [0.05, 0.1) is 0 Å². The first-order valence-electron chi connectivity index (χ1n) is 8.85. The molecule has 0 atom stereocenters. The molecule has 16 heteroatoms. The molecule has 0 aliphatic carbocycles. The van der Waals surface area contributed by atoms with Crippen molar-refractivity contribution in [3.8, 4) is 0 Å². The number of halogens is 3. The molecule has 0 saturated carbocycles. The summed E-state index contributed by atoms with van der Waals surface area (Å²) in [5.74, 6) is 0. The molecular weight excluding hydrogens is 678 g/mol. The van der Waals surface area contributed by atoms with Gasteiger partial charge in [0, 0.05) is 0 Å². The zero-order valence-electron chi connectivity index (χ0n) is 16.5. The summed E-state index contributed by atoms with van der Waals surface area (Å²) in [6.45, 7) is 0. The van der Waals surface area contributed by atoms with Crippen LogP contribution < -0.4 is 0 Å². The molecule has 0 bridgehead atoms. The van der Waals surface area contributed by atoms with E-state index < -0.39 is 67.8 Å². The summed E-state index contributed by atoms with van der Waals surface area (Å²) in [5.41, 5.74) is 0. The minimum atomic E-state index is -5.42. The Labute approximate surface area is 220 Å². The van der Waals surface area contributed by atoms with E-state index in [0.717, 1.165) is 36.4 Å². The Bertz CT molecular complexity index is 1290. The molecule has 9 nitrogen and oxygen atoms in total. The van der Waals surface area contributed by atoms with E-state index in [1.54, 1.807) is 0 Å². The minimum absolute atomic E-state index is 0.224. The fraction of sp³-hybridized carbons (Fsp3) is 0. The molecular formula is C18H12Cl3InO9S3. The van der Waals surface area contributed by atoms with Gasteiger partial charge in [-0.15, -0.1) is 0 Å². The number of rotatable bonds is 9. The average molecular weight is 690 g/mol. The Hall–Kier alpha value is -0.870. The summed E-state index contributed by atoms with van der Waals surface area (Å²) in [6.07, 6.45) is 0. The topological polar surface area (TPSA) is 130 Å². The Morgan fingerprint density at radius 3 is 0.853 bits per heavy atom. The van der Waals surface area contributed by atoms with Crippen LogP contribution in [0.15, 0.2) is 87.5 Å². The third-order valence-corrected chi connectivity index (χ3v) is 19.0. The fourth-order valence-corrected chi connectivity index (χ4v) is 16.1. The van der Waals surface area contributed by atoms with Crippen molar-refractivity contribution in [3.05, 3.63) is 87.9 Å². The first kappa shape index (κ1) is 27.7. The van der Waals surface area contributed by atoms with Crippen molar-refractivity contribution in [2.45, 2.75) is 14.7 Å². The van der Waals surface area contributed by atoms with E-state index in [2.05, 4.69) is 0 Å². The van der Waals surface area contributed by atoms with E-state index in [4.69, 9.17) is 41.7 Å². The van der Waals surface area contributed by atoms with E-state index in [1.807, 2.05) is 0 Å². The van der Waals surface area contributed by atoms with Crippen LogP contribution in [0.1, 0.15) is 0 Å². The normalized spacial score (nSPS) is 12.4. The van der Waals surface area contributed by atoms with Crippen molar-refractivity contribution in [2.24, 2.45) is 0 Å². The van der Waals surface area contributed by atoms with Crippen molar-refractivity contribution in [3.63, 3.8) is 0 Å². The standard InChI is InChI=1S/3C6H5ClO3S.In/c3*7-5-1-3-6(4-2-5)11(8,9)10;/h3*1-4H,(H,8,9,10);/q;;;+3/p-3. The summed E-state index contributed by atoms with van der Waals surface area (Å²) >= 11 is 11.8. The fourth-order valence-electron chi connectivity index (χ4n) is 2.33. The second kappa shape index (κ2) is 11.0. The molecule has 0 aliphatic rings. The summed E-state index contributed by atoms with van der Waals surface area (Å²) in [4.78, 5) is -1.25. The van der Waals surface area contributed by atoms with E-state index >= 15 is 0 Å². The summed E-state index contributed by atoms with van der Waals surface area (Å²) in [5, 5.41) is 0.673. The van der Waals surface area contributed by atoms with Crippen LogP contribution in [0.4, 0.5) is 0 Å². The first-order valence-corrected chi connectivity index (χ1v) is 18.2. The van der Waals surface area contributed by atoms with Crippen molar-refractivity contribution in [1.29, 1.82) is 0 Å². The number of benzene rings is 3. The van der Waals surface area contributed by atoms with Gasteiger partial charge in [0.25, 0.3) is 0 Å². The molecule has 0 saturated heterocycles. The molecule has 0 radical (unpaired) electrons. The average Bonchev–Trinajstić information content (AvgIpc) is 2.73. The molecule has 34 heavy (non-hydrogen) atoms. The molecule has 0 aromatic heterocycles. The van der Waals surface area contributed by atoms with Gasteiger partial charge in [0.15, 0.2) is 0 Å². The predicted octanol–water partition coefficient (Wildman–Crippen LogP) is 4.15. The van der Waals surface area contributed by atoms with Crippen LogP contribution in [0.2, 0.25) is 15.1 Å². The molecule has 0 aliphatic heterocycles. The van der Waals surface area contributed by atoms with Crippen molar-refractivity contribution >= 4 is 87.9 Å². The molecule has 180 valence electrons. The Balaban J connectivity index is 1.97. The van der Waals surface area contributed by atoms with Crippen LogP contribution in [0.25, 0.3) is 0 Å². The molecule has 3 rings (SSSR count). The molecule has 0 fully saturated rings.